The van der Waals surface area contributed by atoms with Crippen molar-refractivity contribution in [3.05, 3.63) is 131 Å². The van der Waals surface area contributed by atoms with Crippen molar-refractivity contribution >= 4 is 55.8 Å². The van der Waals surface area contributed by atoms with E-state index in [1.165, 1.54) is 12.0 Å². The summed E-state index contributed by atoms with van der Waals surface area (Å²) in [5.74, 6) is -2.53. The van der Waals surface area contributed by atoms with E-state index in [0.29, 0.717) is 32.6 Å². The van der Waals surface area contributed by atoms with Crippen LogP contribution in [0.15, 0.2) is 119 Å². The van der Waals surface area contributed by atoms with Gasteiger partial charge in [0.25, 0.3) is 0 Å². The maximum atomic E-state index is 14.3. The predicted octanol–water partition coefficient (Wildman–Crippen LogP) is 5.99. The number of imide groups is 1. The van der Waals surface area contributed by atoms with Gasteiger partial charge in [0.1, 0.15) is 11.8 Å². The van der Waals surface area contributed by atoms with Gasteiger partial charge in [-0.15, -0.1) is 0 Å². The highest BCUT2D eigenvalue weighted by Gasteiger charge is 2.63. The molecule has 0 N–H and O–H groups in total. The molecule has 0 aliphatic carbocycles. The summed E-state index contributed by atoms with van der Waals surface area (Å²) in [5, 5.41) is 1.66. The number of carbonyl (C=O) groups excluding carboxylic acids is 4. The van der Waals surface area contributed by atoms with E-state index in [4.69, 9.17) is 4.74 Å². The van der Waals surface area contributed by atoms with Crippen molar-refractivity contribution in [2.45, 2.75) is 12.1 Å². The van der Waals surface area contributed by atoms with E-state index in [1.807, 2.05) is 42.5 Å². The van der Waals surface area contributed by atoms with Gasteiger partial charge in [0, 0.05) is 28.3 Å². The zero-order chi connectivity index (χ0) is 29.8. The fourth-order valence-corrected chi connectivity index (χ4v) is 7.13. The number of ketones is 2. The molecule has 7 rings (SSSR count). The van der Waals surface area contributed by atoms with Crippen LogP contribution in [0.5, 0.6) is 5.75 Å². The molecular formula is C35H25BrN2O5. The predicted molar refractivity (Wildman–Crippen MR) is 166 cm³/mol. The highest BCUT2D eigenvalue weighted by molar-refractivity contribution is 9.10. The molecule has 2 fully saturated rings. The van der Waals surface area contributed by atoms with Gasteiger partial charge in [-0.3, -0.25) is 19.2 Å². The summed E-state index contributed by atoms with van der Waals surface area (Å²) < 4.78 is 5.94. The molecule has 3 heterocycles. The summed E-state index contributed by atoms with van der Waals surface area (Å²) in [6.45, 7) is 0. The van der Waals surface area contributed by atoms with E-state index in [9.17, 15) is 19.2 Å². The van der Waals surface area contributed by atoms with E-state index in [1.54, 1.807) is 71.8 Å². The number of allylic oxidation sites excluding steroid dienone is 2. The molecule has 2 amide bonds. The maximum Gasteiger partial charge on any atom is 0.240 e. The van der Waals surface area contributed by atoms with E-state index in [0.717, 1.165) is 10.8 Å². The third-order valence-electron chi connectivity index (χ3n) is 8.56. The van der Waals surface area contributed by atoms with Gasteiger partial charge in [0.15, 0.2) is 11.6 Å². The van der Waals surface area contributed by atoms with Gasteiger partial charge in [-0.1, -0.05) is 72.8 Å². The number of nitrogens with zero attached hydrogens (tertiary/aromatic N) is 2. The van der Waals surface area contributed by atoms with Crippen LogP contribution >= 0.6 is 15.9 Å². The molecule has 7 nitrogen and oxygen atoms in total. The van der Waals surface area contributed by atoms with Crippen LogP contribution in [-0.2, 0) is 9.59 Å². The van der Waals surface area contributed by atoms with Gasteiger partial charge >= 0.3 is 0 Å². The standard InChI is InChI=1S/C35H25BrN2O5/c1-43-28-15-14-22(18-25(28)36)33(40)31-30-29(27-19-23(16-17-37(27)31)32(39)21-9-3-2-4-10-21)34(41)38(35(30)42)26-13-7-11-20-8-5-6-12-24(20)26/h2-19,27,29-31H,1H3/t27-,29-,30+,31+/m1/s1. The first-order valence-corrected chi connectivity index (χ1v) is 14.7. The Morgan fingerprint density at radius 3 is 2.30 bits per heavy atom. The van der Waals surface area contributed by atoms with Crippen LogP contribution < -0.4 is 9.64 Å². The largest absolute Gasteiger partial charge is 0.496 e. The second kappa shape index (κ2) is 10.5. The van der Waals surface area contributed by atoms with E-state index in [-0.39, 0.29) is 17.5 Å². The topological polar surface area (TPSA) is 84.0 Å². The van der Waals surface area contributed by atoms with Crippen molar-refractivity contribution in [3.8, 4) is 5.75 Å². The van der Waals surface area contributed by atoms with Crippen LogP contribution in [0.2, 0.25) is 0 Å². The van der Waals surface area contributed by atoms with E-state index < -0.39 is 29.8 Å². The van der Waals surface area contributed by atoms with E-state index >= 15 is 0 Å². The lowest BCUT2D eigenvalue weighted by atomic mass is 9.85. The smallest absolute Gasteiger partial charge is 0.240 e. The average molecular weight is 633 g/mol. The molecule has 0 spiro atoms. The Balaban J connectivity index is 1.34. The first kappa shape index (κ1) is 27.0. The SMILES string of the molecule is COc1ccc(C(=O)[C@@H]2[C@H]3C(=O)N(c4cccc5ccccc45)C(=O)[C@@H]3[C@H]3C=C(C(=O)c4ccccc4)C=CN32)cc1Br. The molecule has 0 saturated carbocycles. The van der Waals surface area contributed by atoms with Crippen LogP contribution in [0.3, 0.4) is 0 Å². The Kier molecular flexibility index (Phi) is 6.58. The van der Waals surface area contributed by atoms with Crippen LogP contribution in [0.25, 0.3) is 10.8 Å². The van der Waals surface area contributed by atoms with Crippen molar-refractivity contribution in [2.75, 3.05) is 12.0 Å². The van der Waals surface area contributed by atoms with Gasteiger partial charge in [-0.2, -0.15) is 0 Å². The Labute approximate surface area is 256 Å². The second-order valence-corrected chi connectivity index (χ2v) is 11.6. The number of methoxy groups -OCH3 is 1. The number of ether oxygens (including phenoxy) is 1. The molecule has 0 unspecified atom stereocenters. The fourth-order valence-electron chi connectivity index (χ4n) is 6.59. The Morgan fingerprint density at radius 1 is 0.814 bits per heavy atom. The average Bonchev–Trinajstić information content (AvgIpc) is 3.51. The van der Waals surface area contributed by atoms with Gasteiger partial charge in [-0.05, 0) is 51.7 Å². The first-order valence-electron chi connectivity index (χ1n) is 13.9. The quantitative estimate of drug-likeness (QED) is 0.192. The first-order chi connectivity index (χ1) is 20.9. The zero-order valence-electron chi connectivity index (χ0n) is 23.0. The van der Waals surface area contributed by atoms with Crippen LogP contribution in [0.1, 0.15) is 20.7 Å². The third-order valence-corrected chi connectivity index (χ3v) is 9.18. The Hall–Kier alpha value is -4.82. The molecule has 8 heteroatoms. The maximum absolute atomic E-state index is 14.3. The molecule has 0 bridgehead atoms. The number of Topliss-reactive ketones (excluding diaryl/α,β-unsaturated/α-hetero) is 2. The minimum Gasteiger partial charge on any atom is -0.496 e. The van der Waals surface area contributed by atoms with Crippen molar-refractivity contribution < 1.29 is 23.9 Å². The minimum absolute atomic E-state index is 0.190. The molecule has 2 saturated heterocycles. The second-order valence-electron chi connectivity index (χ2n) is 10.8. The third kappa shape index (κ3) is 4.24. The number of fused-ring (bicyclic) bond motifs is 4. The normalized spacial score (nSPS) is 22.4. The number of carbonyl (C=O) groups is 4. The number of rotatable bonds is 6. The summed E-state index contributed by atoms with van der Waals surface area (Å²) in [6.07, 6.45) is 5.08. The van der Waals surface area contributed by atoms with E-state index in [2.05, 4.69) is 15.9 Å². The lowest BCUT2D eigenvalue weighted by molar-refractivity contribution is -0.123. The summed E-state index contributed by atoms with van der Waals surface area (Å²) in [5.41, 5.74) is 1.80. The van der Waals surface area contributed by atoms with Gasteiger partial charge < -0.3 is 9.64 Å². The number of halogens is 1. The molecule has 4 aromatic rings. The monoisotopic (exact) mass is 632 g/mol. The van der Waals surface area contributed by atoms with Crippen molar-refractivity contribution in [1.82, 2.24) is 4.90 Å². The molecule has 0 aromatic heterocycles. The highest BCUT2D eigenvalue weighted by Crippen LogP contribution is 2.48. The minimum atomic E-state index is -0.951. The Bertz CT molecular complexity index is 1890. The van der Waals surface area contributed by atoms with Crippen LogP contribution in [0.4, 0.5) is 5.69 Å². The van der Waals surface area contributed by atoms with Crippen molar-refractivity contribution in [1.29, 1.82) is 0 Å². The molecule has 212 valence electrons. The summed E-state index contributed by atoms with van der Waals surface area (Å²) in [6, 6.07) is 25.4. The summed E-state index contributed by atoms with van der Waals surface area (Å²) in [4.78, 5) is 59.3. The number of amides is 2. The fraction of sp³-hybridized carbons (Fsp3) is 0.143. The number of benzene rings is 4. The molecule has 3 aliphatic heterocycles. The summed E-state index contributed by atoms with van der Waals surface area (Å²) in [7, 11) is 1.54. The number of hydrogen-bond acceptors (Lipinski definition) is 6. The molecule has 0 radical (unpaired) electrons. The molecule has 4 aromatic carbocycles. The summed E-state index contributed by atoms with van der Waals surface area (Å²) >= 11 is 3.46. The number of hydrogen-bond donors (Lipinski definition) is 0. The molecule has 4 atom stereocenters. The van der Waals surface area contributed by atoms with Gasteiger partial charge in [0.2, 0.25) is 11.8 Å². The lowest BCUT2D eigenvalue weighted by Gasteiger charge is -2.33. The molecular weight excluding hydrogens is 608 g/mol. The highest BCUT2D eigenvalue weighted by atomic mass is 79.9. The van der Waals surface area contributed by atoms with Crippen LogP contribution in [0, 0.1) is 11.8 Å². The number of anilines is 1. The van der Waals surface area contributed by atoms with Crippen molar-refractivity contribution in [2.24, 2.45) is 11.8 Å². The molecule has 3 aliphatic rings. The Morgan fingerprint density at radius 2 is 1.53 bits per heavy atom. The molecule has 43 heavy (non-hydrogen) atoms. The van der Waals surface area contributed by atoms with Gasteiger partial charge in [0.05, 0.1) is 35.1 Å². The zero-order valence-corrected chi connectivity index (χ0v) is 24.6. The van der Waals surface area contributed by atoms with Crippen molar-refractivity contribution in [3.63, 3.8) is 0 Å². The lowest BCUT2D eigenvalue weighted by Crippen LogP contribution is -2.46. The van der Waals surface area contributed by atoms with Gasteiger partial charge in [-0.25, -0.2) is 4.90 Å². The van der Waals surface area contributed by atoms with Crippen LogP contribution in [-0.4, -0.2) is 47.5 Å².